The zero-order chi connectivity index (χ0) is 10.9. The summed E-state index contributed by atoms with van der Waals surface area (Å²) >= 11 is 0. The molecule has 2 N–H and O–H groups in total. The van der Waals surface area contributed by atoms with E-state index >= 15 is 0 Å². The fourth-order valence-electron chi connectivity index (χ4n) is 2.41. The van der Waals surface area contributed by atoms with E-state index < -0.39 is 0 Å². The Balaban J connectivity index is 3.56. The van der Waals surface area contributed by atoms with Crippen molar-refractivity contribution in [3.05, 3.63) is 27.8 Å². The fraction of sp³-hybridized carbons (Fsp3) is 0.538. The maximum absolute atomic E-state index is 6.10. The monoisotopic (exact) mass is 191 g/mol. The standard InChI is InChI=1S/C13H21N/c1-6-11-8(3)12(7-2)10(5)13(14)9(11)4/h6-7,14H2,1-5H3. The maximum Gasteiger partial charge on any atom is 0.0379 e. The number of benzene rings is 1. The van der Waals surface area contributed by atoms with Crippen molar-refractivity contribution < 1.29 is 0 Å². The highest BCUT2D eigenvalue weighted by Crippen LogP contribution is 2.29. The van der Waals surface area contributed by atoms with Crippen molar-refractivity contribution in [2.45, 2.75) is 47.5 Å². The Morgan fingerprint density at radius 1 is 0.786 bits per heavy atom. The first kappa shape index (κ1) is 11.1. The van der Waals surface area contributed by atoms with Crippen LogP contribution in [-0.2, 0) is 12.8 Å². The Morgan fingerprint density at radius 2 is 1.14 bits per heavy atom. The lowest BCUT2D eigenvalue weighted by Gasteiger charge is -2.18. The molecule has 0 aliphatic heterocycles. The van der Waals surface area contributed by atoms with Crippen LogP contribution in [-0.4, -0.2) is 0 Å². The molecule has 0 fully saturated rings. The summed E-state index contributed by atoms with van der Waals surface area (Å²) < 4.78 is 0. The second-order valence-electron chi connectivity index (χ2n) is 3.95. The third-order valence-electron chi connectivity index (χ3n) is 3.33. The summed E-state index contributed by atoms with van der Waals surface area (Å²) in [6.07, 6.45) is 2.16. The number of anilines is 1. The van der Waals surface area contributed by atoms with Crippen molar-refractivity contribution in [2.24, 2.45) is 0 Å². The van der Waals surface area contributed by atoms with Gasteiger partial charge in [-0.25, -0.2) is 0 Å². The highest BCUT2D eigenvalue weighted by Gasteiger charge is 2.12. The van der Waals surface area contributed by atoms with E-state index in [0.29, 0.717) is 0 Å². The normalized spacial score (nSPS) is 10.6. The SMILES string of the molecule is CCc1c(C)c(N)c(C)c(CC)c1C. The van der Waals surface area contributed by atoms with Crippen molar-refractivity contribution in [1.82, 2.24) is 0 Å². The summed E-state index contributed by atoms with van der Waals surface area (Å²) in [4.78, 5) is 0. The van der Waals surface area contributed by atoms with Crippen LogP contribution < -0.4 is 5.73 Å². The van der Waals surface area contributed by atoms with E-state index in [2.05, 4.69) is 34.6 Å². The van der Waals surface area contributed by atoms with Gasteiger partial charge in [0.2, 0.25) is 0 Å². The first-order valence-corrected chi connectivity index (χ1v) is 5.41. The highest BCUT2D eigenvalue weighted by molar-refractivity contribution is 5.62. The molecular weight excluding hydrogens is 170 g/mol. The van der Waals surface area contributed by atoms with E-state index in [0.717, 1.165) is 18.5 Å². The van der Waals surface area contributed by atoms with Gasteiger partial charge in [0.25, 0.3) is 0 Å². The van der Waals surface area contributed by atoms with Gasteiger partial charge in [-0.3, -0.25) is 0 Å². The van der Waals surface area contributed by atoms with Crippen LogP contribution in [0.5, 0.6) is 0 Å². The Morgan fingerprint density at radius 3 is 1.43 bits per heavy atom. The highest BCUT2D eigenvalue weighted by atomic mass is 14.6. The van der Waals surface area contributed by atoms with Crippen molar-refractivity contribution in [3.8, 4) is 0 Å². The Bertz CT molecular complexity index is 320. The third kappa shape index (κ3) is 1.52. The minimum absolute atomic E-state index is 0.990. The van der Waals surface area contributed by atoms with E-state index in [1.807, 2.05) is 0 Å². The predicted molar refractivity (Wildman–Crippen MR) is 63.8 cm³/mol. The van der Waals surface area contributed by atoms with Crippen molar-refractivity contribution >= 4 is 5.69 Å². The Hall–Kier alpha value is -0.980. The smallest absolute Gasteiger partial charge is 0.0379 e. The van der Waals surface area contributed by atoms with Crippen molar-refractivity contribution in [3.63, 3.8) is 0 Å². The van der Waals surface area contributed by atoms with E-state index in [4.69, 9.17) is 5.73 Å². The van der Waals surface area contributed by atoms with Gasteiger partial charge in [-0.2, -0.15) is 0 Å². The topological polar surface area (TPSA) is 26.0 Å². The zero-order valence-electron chi connectivity index (χ0n) is 9.99. The van der Waals surface area contributed by atoms with Crippen molar-refractivity contribution in [2.75, 3.05) is 5.73 Å². The van der Waals surface area contributed by atoms with E-state index in [-0.39, 0.29) is 0 Å². The van der Waals surface area contributed by atoms with Crippen LogP contribution in [0.2, 0.25) is 0 Å². The zero-order valence-corrected chi connectivity index (χ0v) is 9.99. The Kier molecular flexibility index (Phi) is 3.20. The molecule has 0 radical (unpaired) electrons. The van der Waals surface area contributed by atoms with Gasteiger partial charge in [-0.1, -0.05) is 13.8 Å². The van der Waals surface area contributed by atoms with Crippen LogP contribution in [0.25, 0.3) is 0 Å². The van der Waals surface area contributed by atoms with Crippen LogP contribution in [0.1, 0.15) is 41.7 Å². The number of nitrogens with two attached hydrogens (primary N) is 1. The van der Waals surface area contributed by atoms with Gasteiger partial charge >= 0.3 is 0 Å². The summed E-state index contributed by atoms with van der Waals surface area (Å²) in [6, 6.07) is 0. The molecule has 0 amide bonds. The molecular formula is C13H21N. The maximum atomic E-state index is 6.10. The molecule has 0 aliphatic carbocycles. The van der Waals surface area contributed by atoms with Gasteiger partial charge in [0.1, 0.15) is 0 Å². The summed E-state index contributed by atoms with van der Waals surface area (Å²) in [5, 5.41) is 0. The van der Waals surface area contributed by atoms with Gasteiger partial charge in [-0.05, 0) is 61.4 Å². The van der Waals surface area contributed by atoms with Crippen LogP contribution in [0, 0.1) is 20.8 Å². The van der Waals surface area contributed by atoms with Crippen LogP contribution in [0.4, 0.5) is 5.69 Å². The molecule has 1 heteroatoms. The molecule has 0 unspecified atom stereocenters. The first-order chi connectivity index (χ1) is 6.54. The van der Waals surface area contributed by atoms with E-state index in [1.54, 1.807) is 0 Å². The third-order valence-corrected chi connectivity index (χ3v) is 3.33. The summed E-state index contributed by atoms with van der Waals surface area (Å²) in [5.41, 5.74) is 14.0. The van der Waals surface area contributed by atoms with Gasteiger partial charge in [0, 0.05) is 5.69 Å². The van der Waals surface area contributed by atoms with E-state index in [1.165, 1.54) is 27.8 Å². The quantitative estimate of drug-likeness (QED) is 0.713. The predicted octanol–water partition coefficient (Wildman–Crippen LogP) is 3.32. The lowest BCUT2D eigenvalue weighted by molar-refractivity contribution is 1.01. The minimum atomic E-state index is 0.990. The molecule has 14 heavy (non-hydrogen) atoms. The average molecular weight is 191 g/mol. The molecule has 0 aromatic heterocycles. The van der Waals surface area contributed by atoms with Crippen LogP contribution in [0.3, 0.4) is 0 Å². The lowest BCUT2D eigenvalue weighted by atomic mass is 9.89. The number of nitrogen functional groups attached to an aromatic ring is 1. The minimum Gasteiger partial charge on any atom is -0.398 e. The summed E-state index contributed by atoms with van der Waals surface area (Å²) in [5.74, 6) is 0. The van der Waals surface area contributed by atoms with Gasteiger partial charge < -0.3 is 5.73 Å². The molecule has 1 aromatic rings. The summed E-state index contributed by atoms with van der Waals surface area (Å²) in [7, 11) is 0. The molecule has 1 aromatic carbocycles. The lowest BCUT2D eigenvalue weighted by Crippen LogP contribution is -2.05. The van der Waals surface area contributed by atoms with Gasteiger partial charge in [0.15, 0.2) is 0 Å². The molecule has 0 saturated heterocycles. The first-order valence-electron chi connectivity index (χ1n) is 5.41. The van der Waals surface area contributed by atoms with E-state index in [9.17, 15) is 0 Å². The molecule has 78 valence electrons. The average Bonchev–Trinajstić information content (AvgIpc) is 2.16. The second kappa shape index (κ2) is 4.04. The molecule has 0 saturated carbocycles. The fourth-order valence-corrected chi connectivity index (χ4v) is 2.41. The molecule has 0 bridgehead atoms. The van der Waals surface area contributed by atoms with Gasteiger partial charge in [0.05, 0.1) is 0 Å². The van der Waals surface area contributed by atoms with Gasteiger partial charge in [-0.15, -0.1) is 0 Å². The Labute approximate surface area is 87.3 Å². The van der Waals surface area contributed by atoms with Crippen molar-refractivity contribution in [1.29, 1.82) is 0 Å². The largest absolute Gasteiger partial charge is 0.398 e. The number of hydrogen-bond acceptors (Lipinski definition) is 1. The molecule has 1 nitrogen and oxygen atoms in total. The molecule has 0 spiro atoms. The molecule has 0 aliphatic rings. The number of rotatable bonds is 2. The summed E-state index contributed by atoms with van der Waals surface area (Å²) in [6.45, 7) is 10.9. The molecule has 1 rings (SSSR count). The molecule has 0 heterocycles. The molecule has 0 atom stereocenters. The number of hydrogen-bond donors (Lipinski definition) is 1. The van der Waals surface area contributed by atoms with Crippen LogP contribution in [0.15, 0.2) is 0 Å². The van der Waals surface area contributed by atoms with Crippen LogP contribution >= 0.6 is 0 Å². The second-order valence-corrected chi connectivity index (χ2v) is 3.95.